The number of halogens is 1. The van der Waals surface area contributed by atoms with Crippen LogP contribution in [0.5, 0.6) is 0 Å². The summed E-state index contributed by atoms with van der Waals surface area (Å²) in [5.74, 6) is 0.444. The third-order valence-electron chi connectivity index (χ3n) is 7.00. The molecule has 1 unspecified atom stereocenters. The van der Waals surface area contributed by atoms with Crippen LogP contribution in [0.15, 0.2) is 55.0 Å². The van der Waals surface area contributed by atoms with Gasteiger partial charge < -0.3 is 15.0 Å². The number of anilines is 1. The van der Waals surface area contributed by atoms with Crippen LogP contribution in [-0.2, 0) is 16.0 Å². The number of carbonyl (C=O) groups excluding carboxylic acids is 2. The molecule has 2 bridgehead atoms. The first-order valence-electron chi connectivity index (χ1n) is 13.6. The number of hydrogen-bond acceptors (Lipinski definition) is 7. The predicted molar refractivity (Wildman–Crippen MR) is 156 cm³/mol. The number of amides is 2. The average Bonchev–Trinajstić information content (AvgIpc) is 3.68. The van der Waals surface area contributed by atoms with Gasteiger partial charge in [0.15, 0.2) is 0 Å². The van der Waals surface area contributed by atoms with Gasteiger partial charge in [-0.15, -0.1) is 5.10 Å². The monoisotopic (exact) mass is 574 g/mol. The van der Waals surface area contributed by atoms with Crippen LogP contribution in [0, 0.1) is 0 Å². The zero-order chi connectivity index (χ0) is 28.6. The number of tetrazole rings is 1. The first kappa shape index (κ1) is 28.0. The summed E-state index contributed by atoms with van der Waals surface area (Å²) in [6.45, 7) is 0. The molecular weight excluding hydrogens is 544 g/mol. The van der Waals surface area contributed by atoms with Crippen LogP contribution in [0.1, 0.15) is 61.5 Å². The Bertz CT molecular complexity index is 1530. The van der Waals surface area contributed by atoms with Gasteiger partial charge in [0.25, 0.3) is 0 Å². The van der Waals surface area contributed by atoms with Crippen molar-refractivity contribution in [1.29, 1.82) is 0 Å². The number of fused-ring (bicyclic) bond motifs is 4. The zero-order valence-corrected chi connectivity index (χ0v) is 23.4. The van der Waals surface area contributed by atoms with E-state index in [9.17, 15) is 9.59 Å². The van der Waals surface area contributed by atoms with Crippen molar-refractivity contribution < 1.29 is 14.3 Å². The maximum Gasteiger partial charge on any atom is 0.411 e. The Morgan fingerprint density at radius 3 is 2.80 bits per heavy atom. The number of H-pyrrole nitrogens is 1. The lowest BCUT2D eigenvalue weighted by Crippen LogP contribution is -2.27. The molecule has 2 aromatic carbocycles. The predicted octanol–water partition coefficient (Wildman–Crippen LogP) is 5.65. The number of nitrogens with one attached hydrogen (secondary N) is 3. The quantitative estimate of drug-likeness (QED) is 0.262. The second kappa shape index (κ2) is 13.2. The van der Waals surface area contributed by atoms with E-state index in [0.29, 0.717) is 27.8 Å². The third kappa shape index (κ3) is 7.17. The van der Waals surface area contributed by atoms with E-state index >= 15 is 0 Å². The molecule has 212 valence electrons. The van der Waals surface area contributed by atoms with Crippen molar-refractivity contribution >= 4 is 35.4 Å². The fraction of sp³-hybridized carbons (Fsp3) is 0.310. The number of nitrogens with zero attached hydrogens (tertiary/aromatic N) is 5. The van der Waals surface area contributed by atoms with Crippen molar-refractivity contribution in [3.8, 4) is 16.9 Å². The molecule has 1 atom stereocenters. The van der Waals surface area contributed by atoms with Gasteiger partial charge in [-0.3, -0.25) is 10.1 Å². The SMILES string of the molecule is COC(=O)Nc1ccc2c(c1)CCCCCCCC(NC(=O)C=Cc1cc(Cl)ccc1-n1cnnn1)c1nc-2c[nH]1. The molecule has 1 aliphatic rings. The van der Waals surface area contributed by atoms with Gasteiger partial charge in [-0.1, -0.05) is 43.4 Å². The number of aryl methyl sites for hydroxylation is 1. The molecule has 11 nitrogen and oxygen atoms in total. The Hall–Kier alpha value is -4.51. The van der Waals surface area contributed by atoms with Crippen LogP contribution in [0.4, 0.5) is 10.5 Å². The standard InChI is InChI=1S/C29H31ClN8O3/c1-41-29(40)33-22-11-12-23-19(16-22)7-5-3-2-4-6-8-24(28-31-17-25(23)35-28)34-27(39)14-9-20-15-21(30)10-13-26(20)38-18-32-36-37-38/h9-18,24H,2-8H2,1H3,(H,31,35)(H,33,40)(H,34,39). The summed E-state index contributed by atoms with van der Waals surface area (Å²) in [6, 6.07) is 10.8. The first-order chi connectivity index (χ1) is 20.0. The molecule has 0 aliphatic carbocycles. The second-order valence-electron chi connectivity index (χ2n) is 9.82. The molecular formula is C29H31ClN8O3. The van der Waals surface area contributed by atoms with Crippen molar-refractivity contribution in [2.75, 3.05) is 12.4 Å². The van der Waals surface area contributed by atoms with Crippen molar-refractivity contribution in [3.63, 3.8) is 0 Å². The Morgan fingerprint density at radius 1 is 1.12 bits per heavy atom. The molecule has 41 heavy (non-hydrogen) atoms. The van der Waals surface area contributed by atoms with E-state index in [0.717, 1.165) is 61.8 Å². The Labute approximate surface area is 242 Å². The number of aromatic amines is 1. The summed E-state index contributed by atoms with van der Waals surface area (Å²) >= 11 is 6.21. The van der Waals surface area contributed by atoms with Crippen LogP contribution >= 0.6 is 11.6 Å². The number of benzene rings is 2. The van der Waals surface area contributed by atoms with E-state index < -0.39 is 6.09 Å². The molecule has 0 saturated heterocycles. The van der Waals surface area contributed by atoms with Crippen molar-refractivity contribution in [2.45, 2.75) is 51.0 Å². The van der Waals surface area contributed by atoms with E-state index in [-0.39, 0.29) is 11.9 Å². The highest BCUT2D eigenvalue weighted by molar-refractivity contribution is 6.30. The van der Waals surface area contributed by atoms with Crippen LogP contribution in [0.3, 0.4) is 0 Å². The lowest BCUT2D eigenvalue weighted by Gasteiger charge is -2.16. The molecule has 3 heterocycles. The van der Waals surface area contributed by atoms with E-state index in [1.54, 1.807) is 24.3 Å². The van der Waals surface area contributed by atoms with Gasteiger partial charge in [-0.2, -0.15) is 4.68 Å². The molecule has 0 fully saturated rings. The molecule has 3 N–H and O–H groups in total. The van der Waals surface area contributed by atoms with Gasteiger partial charge >= 0.3 is 6.09 Å². The van der Waals surface area contributed by atoms with Crippen LogP contribution in [-0.4, -0.2) is 49.3 Å². The van der Waals surface area contributed by atoms with E-state index in [4.69, 9.17) is 21.3 Å². The van der Waals surface area contributed by atoms with Gasteiger partial charge in [0.2, 0.25) is 5.91 Å². The summed E-state index contributed by atoms with van der Waals surface area (Å²) in [5, 5.41) is 17.7. The topological polar surface area (TPSA) is 140 Å². The summed E-state index contributed by atoms with van der Waals surface area (Å²) in [4.78, 5) is 33.0. The number of ether oxygens (including phenoxy) is 1. The minimum atomic E-state index is -0.508. The molecule has 0 radical (unpaired) electrons. The molecule has 1 aliphatic heterocycles. The van der Waals surface area contributed by atoms with Crippen LogP contribution < -0.4 is 10.6 Å². The maximum atomic E-state index is 13.1. The summed E-state index contributed by atoms with van der Waals surface area (Å²) in [6.07, 6.45) is 12.9. The van der Waals surface area contributed by atoms with Crippen molar-refractivity contribution in [3.05, 3.63) is 77.0 Å². The van der Waals surface area contributed by atoms with Gasteiger partial charge in [0.1, 0.15) is 12.2 Å². The minimum Gasteiger partial charge on any atom is -0.453 e. The first-order valence-corrected chi connectivity index (χ1v) is 13.9. The Balaban J connectivity index is 1.37. The van der Waals surface area contributed by atoms with Crippen LogP contribution in [0.2, 0.25) is 5.02 Å². The Morgan fingerprint density at radius 2 is 1.98 bits per heavy atom. The van der Waals surface area contributed by atoms with Gasteiger partial charge in [-0.05, 0) is 71.7 Å². The smallest absolute Gasteiger partial charge is 0.411 e. The lowest BCUT2D eigenvalue weighted by molar-refractivity contribution is -0.117. The molecule has 5 rings (SSSR count). The molecule has 0 saturated carbocycles. The normalized spacial score (nSPS) is 15.7. The molecule has 2 aromatic heterocycles. The van der Waals surface area contributed by atoms with Gasteiger partial charge in [0.05, 0.1) is 24.5 Å². The molecule has 4 aromatic rings. The van der Waals surface area contributed by atoms with Crippen molar-refractivity contribution in [1.82, 2.24) is 35.5 Å². The fourth-order valence-corrected chi connectivity index (χ4v) is 5.13. The second-order valence-corrected chi connectivity index (χ2v) is 10.3. The van der Waals surface area contributed by atoms with Crippen molar-refractivity contribution in [2.24, 2.45) is 0 Å². The summed E-state index contributed by atoms with van der Waals surface area (Å²) in [5.41, 5.74) is 4.95. The largest absolute Gasteiger partial charge is 0.453 e. The number of hydrogen-bond donors (Lipinski definition) is 3. The maximum absolute atomic E-state index is 13.1. The number of carbonyl (C=O) groups is 2. The number of rotatable bonds is 5. The molecule has 0 spiro atoms. The van der Waals surface area contributed by atoms with E-state index in [2.05, 4.69) is 31.1 Å². The van der Waals surface area contributed by atoms with Gasteiger partial charge in [-0.25, -0.2) is 9.78 Å². The van der Waals surface area contributed by atoms with Crippen LogP contribution in [0.25, 0.3) is 23.0 Å². The summed E-state index contributed by atoms with van der Waals surface area (Å²) < 4.78 is 6.25. The highest BCUT2D eigenvalue weighted by Crippen LogP contribution is 2.30. The zero-order valence-electron chi connectivity index (χ0n) is 22.6. The molecule has 12 heteroatoms. The number of aromatic nitrogens is 6. The highest BCUT2D eigenvalue weighted by atomic mass is 35.5. The number of methoxy groups -OCH3 is 1. The highest BCUT2D eigenvalue weighted by Gasteiger charge is 2.19. The third-order valence-corrected chi connectivity index (χ3v) is 7.23. The minimum absolute atomic E-state index is 0.251. The lowest BCUT2D eigenvalue weighted by atomic mass is 9.98. The number of imidazole rings is 1. The van der Waals surface area contributed by atoms with Gasteiger partial charge in [0, 0.05) is 34.1 Å². The molecule has 2 amide bonds. The summed E-state index contributed by atoms with van der Waals surface area (Å²) in [7, 11) is 1.34. The van der Waals surface area contributed by atoms with E-state index in [1.807, 2.05) is 24.4 Å². The Kier molecular flexibility index (Phi) is 9.05. The fourth-order valence-electron chi connectivity index (χ4n) is 4.95. The average molecular weight is 575 g/mol. The van der Waals surface area contributed by atoms with E-state index in [1.165, 1.54) is 24.2 Å².